The lowest BCUT2D eigenvalue weighted by Gasteiger charge is -2.38. The summed E-state index contributed by atoms with van der Waals surface area (Å²) in [5.74, 6) is 0.920. The minimum atomic E-state index is 0.347. The van der Waals surface area contributed by atoms with Crippen molar-refractivity contribution in [2.75, 3.05) is 32.7 Å². The second kappa shape index (κ2) is 7.99. The van der Waals surface area contributed by atoms with E-state index in [1.165, 1.54) is 25.7 Å². The Labute approximate surface area is 123 Å². The van der Waals surface area contributed by atoms with Crippen LogP contribution < -0.4 is 5.73 Å². The first-order valence-corrected chi connectivity index (χ1v) is 8.42. The molecule has 116 valence electrons. The van der Waals surface area contributed by atoms with Crippen LogP contribution in [0.2, 0.25) is 0 Å². The van der Waals surface area contributed by atoms with Gasteiger partial charge in [0.2, 0.25) is 5.91 Å². The third-order valence-electron chi connectivity index (χ3n) is 5.02. The molecule has 2 aliphatic rings. The smallest absolute Gasteiger partial charge is 0.222 e. The zero-order chi connectivity index (χ0) is 14.4. The number of carbonyl (C=O) groups is 1. The van der Waals surface area contributed by atoms with Gasteiger partial charge in [0.05, 0.1) is 0 Å². The summed E-state index contributed by atoms with van der Waals surface area (Å²) >= 11 is 0. The summed E-state index contributed by atoms with van der Waals surface area (Å²) in [7, 11) is 0. The Kier molecular flexibility index (Phi) is 6.30. The number of rotatable bonds is 6. The number of nitrogens with two attached hydrogens (primary N) is 1. The van der Waals surface area contributed by atoms with Gasteiger partial charge in [0.25, 0.3) is 0 Å². The molecule has 1 aliphatic carbocycles. The highest BCUT2D eigenvalue weighted by Gasteiger charge is 2.27. The van der Waals surface area contributed by atoms with Crippen LogP contribution in [0.4, 0.5) is 0 Å². The van der Waals surface area contributed by atoms with Crippen molar-refractivity contribution in [3.8, 4) is 0 Å². The summed E-state index contributed by atoms with van der Waals surface area (Å²) in [6, 6.07) is 0.803. The molecule has 1 unspecified atom stereocenters. The van der Waals surface area contributed by atoms with Gasteiger partial charge in [-0.05, 0) is 38.1 Å². The van der Waals surface area contributed by atoms with E-state index in [2.05, 4.69) is 16.7 Å². The van der Waals surface area contributed by atoms with Crippen LogP contribution in [0.25, 0.3) is 0 Å². The molecule has 4 nitrogen and oxygen atoms in total. The molecule has 0 aromatic rings. The molecule has 0 aromatic heterocycles. The van der Waals surface area contributed by atoms with Crippen LogP contribution in [0.5, 0.6) is 0 Å². The summed E-state index contributed by atoms with van der Waals surface area (Å²) in [6.45, 7) is 6.94. The lowest BCUT2D eigenvalue weighted by molar-refractivity contribution is -0.133. The van der Waals surface area contributed by atoms with E-state index in [-0.39, 0.29) is 0 Å². The quantitative estimate of drug-likeness (QED) is 0.808. The van der Waals surface area contributed by atoms with Gasteiger partial charge in [-0.1, -0.05) is 19.8 Å². The van der Waals surface area contributed by atoms with E-state index in [0.29, 0.717) is 18.2 Å². The van der Waals surface area contributed by atoms with Crippen molar-refractivity contribution in [1.29, 1.82) is 0 Å². The maximum absolute atomic E-state index is 12.2. The highest BCUT2D eigenvalue weighted by atomic mass is 16.2. The second-order valence-electron chi connectivity index (χ2n) is 6.58. The molecule has 2 rings (SSSR count). The van der Waals surface area contributed by atoms with E-state index in [1.807, 2.05) is 0 Å². The molecule has 2 fully saturated rings. The monoisotopic (exact) mass is 281 g/mol. The minimum Gasteiger partial charge on any atom is -0.340 e. The van der Waals surface area contributed by atoms with Crippen molar-refractivity contribution < 1.29 is 4.79 Å². The van der Waals surface area contributed by atoms with E-state index < -0.39 is 0 Å². The molecule has 1 aliphatic heterocycles. The maximum Gasteiger partial charge on any atom is 0.222 e. The Morgan fingerprint density at radius 2 is 1.80 bits per heavy atom. The van der Waals surface area contributed by atoms with Crippen LogP contribution >= 0.6 is 0 Å². The van der Waals surface area contributed by atoms with E-state index in [4.69, 9.17) is 5.73 Å². The van der Waals surface area contributed by atoms with Crippen molar-refractivity contribution in [1.82, 2.24) is 9.80 Å². The second-order valence-corrected chi connectivity index (χ2v) is 6.58. The van der Waals surface area contributed by atoms with Crippen LogP contribution in [-0.4, -0.2) is 54.5 Å². The van der Waals surface area contributed by atoms with Gasteiger partial charge in [-0.2, -0.15) is 0 Å². The van der Waals surface area contributed by atoms with Gasteiger partial charge >= 0.3 is 0 Å². The van der Waals surface area contributed by atoms with Crippen molar-refractivity contribution >= 4 is 5.91 Å². The fraction of sp³-hybridized carbons (Fsp3) is 0.938. The molecule has 1 saturated heterocycles. The molecule has 1 heterocycles. The Morgan fingerprint density at radius 3 is 2.40 bits per heavy atom. The first-order valence-electron chi connectivity index (χ1n) is 8.42. The minimum absolute atomic E-state index is 0.347. The summed E-state index contributed by atoms with van der Waals surface area (Å²) in [6.07, 6.45) is 8.23. The standard InChI is InChI=1S/C16H31N3O/c1-14(8-9-17)6-7-16(20)19-12-10-18(11-13-19)15-4-2-3-5-15/h14-15H,2-13,17H2,1H3. The number of hydrogen-bond acceptors (Lipinski definition) is 3. The average molecular weight is 281 g/mol. The SMILES string of the molecule is CC(CCN)CCC(=O)N1CCN(C2CCCC2)CC1. The first-order chi connectivity index (χ1) is 9.70. The predicted octanol–water partition coefficient (Wildman–Crippen LogP) is 1.84. The van der Waals surface area contributed by atoms with E-state index in [0.717, 1.165) is 51.6 Å². The molecule has 0 bridgehead atoms. The van der Waals surface area contributed by atoms with Crippen molar-refractivity contribution in [3.05, 3.63) is 0 Å². The first kappa shape index (κ1) is 15.8. The Morgan fingerprint density at radius 1 is 1.15 bits per heavy atom. The van der Waals surface area contributed by atoms with Crippen LogP contribution in [0.15, 0.2) is 0 Å². The van der Waals surface area contributed by atoms with Gasteiger partial charge < -0.3 is 10.6 Å². The van der Waals surface area contributed by atoms with E-state index >= 15 is 0 Å². The fourth-order valence-electron chi connectivity index (χ4n) is 3.56. The van der Waals surface area contributed by atoms with Crippen molar-refractivity contribution in [2.24, 2.45) is 11.7 Å². The topological polar surface area (TPSA) is 49.6 Å². The third-order valence-corrected chi connectivity index (χ3v) is 5.02. The summed E-state index contributed by atoms with van der Waals surface area (Å²) < 4.78 is 0. The largest absolute Gasteiger partial charge is 0.340 e. The number of nitrogens with zero attached hydrogens (tertiary/aromatic N) is 2. The molecular weight excluding hydrogens is 250 g/mol. The van der Waals surface area contributed by atoms with Gasteiger partial charge in [-0.15, -0.1) is 0 Å². The predicted molar refractivity (Wildman–Crippen MR) is 82.5 cm³/mol. The van der Waals surface area contributed by atoms with Crippen LogP contribution in [0, 0.1) is 5.92 Å². The molecule has 1 saturated carbocycles. The lowest BCUT2D eigenvalue weighted by Crippen LogP contribution is -2.51. The number of piperazine rings is 1. The molecule has 20 heavy (non-hydrogen) atoms. The van der Waals surface area contributed by atoms with Gasteiger partial charge in [0, 0.05) is 38.6 Å². The maximum atomic E-state index is 12.2. The van der Waals surface area contributed by atoms with Crippen molar-refractivity contribution in [2.45, 2.75) is 57.9 Å². The third kappa shape index (κ3) is 4.45. The number of carbonyl (C=O) groups excluding carboxylic acids is 1. The van der Waals surface area contributed by atoms with Gasteiger partial charge in [0.1, 0.15) is 0 Å². The molecule has 0 aromatic carbocycles. The Hall–Kier alpha value is -0.610. The van der Waals surface area contributed by atoms with Gasteiger partial charge in [0.15, 0.2) is 0 Å². The molecular formula is C16H31N3O. The summed E-state index contributed by atoms with van der Waals surface area (Å²) in [5, 5.41) is 0. The molecule has 2 N–H and O–H groups in total. The fourth-order valence-corrected chi connectivity index (χ4v) is 3.56. The van der Waals surface area contributed by atoms with Crippen LogP contribution in [0.3, 0.4) is 0 Å². The number of hydrogen-bond donors (Lipinski definition) is 1. The van der Waals surface area contributed by atoms with E-state index in [9.17, 15) is 4.79 Å². The lowest BCUT2D eigenvalue weighted by atomic mass is 10.0. The summed E-state index contributed by atoms with van der Waals surface area (Å²) in [5.41, 5.74) is 5.55. The molecule has 0 radical (unpaired) electrons. The van der Waals surface area contributed by atoms with Gasteiger partial charge in [-0.3, -0.25) is 9.69 Å². The zero-order valence-corrected chi connectivity index (χ0v) is 13.0. The highest BCUT2D eigenvalue weighted by Crippen LogP contribution is 2.24. The van der Waals surface area contributed by atoms with Crippen molar-refractivity contribution in [3.63, 3.8) is 0 Å². The zero-order valence-electron chi connectivity index (χ0n) is 13.0. The van der Waals surface area contributed by atoms with Gasteiger partial charge in [-0.25, -0.2) is 0 Å². The number of amides is 1. The van der Waals surface area contributed by atoms with E-state index in [1.54, 1.807) is 0 Å². The molecule has 1 amide bonds. The molecule has 4 heteroatoms. The Bertz CT molecular complexity index is 294. The Balaban J connectivity index is 1.66. The van der Waals surface area contributed by atoms with Crippen LogP contribution in [-0.2, 0) is 4.79 Å². The normalized spacial score (nSPS) is 23.2. The van der Waals surface area contributed by atoms with Crippen LogP contribution in [0.1, 0.15) is 51.9 Å². The molecule has 1 atom stereocenters. The molecule has 0 spiro atoms. The average Bonchev–Trinajstić information content (AvgIpc) is 2.99. The highest BCUT2D eigenvalue weighted by molar-refractivity contribution is 5.76. The summed E-state index contributed by atoms with van der Waals surface area (Å²) in [4.78, 5) is 16.9.